The van der Waals surface area contributed by atoms with Gasteiger partial charge in [-0.3, -0.25) is 0 Å². The van der Waals surface area contributed by atoms with Crippen molar-refractivity contribution in [2.24, 2.45) is 0 Å². The quantitative estimate of drug-likeness (QED) is 0.221. The minimum Gasteiger partial charge on any atom is -0.102 e. The zero-order valence-corrected chi connectivity index (χ0v) is 19.8. The minimum atomic E-state index is -0.166. The number of fused-ring (bicyclic) bond motifs is 6. The molecule has 0 bridgehead atoms. The first-order chi connectivity index (χ1) is 16.5. The van der Waals surface area contributed by atoms with Crippen molar-refractivity contribution in [1.29, 1.82) is 0 Å². The van der Waals surface area contributed by atoms with Gasteiger partial charge < -0.3 is 0 Å². The van der Waals surface area contributed by atoms with Crippen LogP contribution in [0.25, 0.3) is 34.4 Å². The van der Waals surface area contributed by atoms with E-state index in [4.69, 9.17) is 0 Å². The van der Waals surface area contributed by atoms with Gasteiger partial charge in [-0.05, 0) is 81.6 Å². The van der Waals surface area contributed by atoms with Crippen molar-refractivity contribution in [3.05, 3.63) is 144 Å². The van der Waals surface area contributed by atoms with Gasteiger partial charge in [0.25, 0.3) is 0 Å². The van der Waals surface area contributed by atoms with Crippen LogP contribution in [0.4, 0.5) is 0 Å². The fourth-order valence-corrected chi connectivity index (χ4v) is 5.92. The van der Waals surface area contributed by atoms with Crippen molar-refractivity contribution in [2.75, 3.05) is 0 Å². The number of hydrogen-bond acceptors (Lipinski definition) is 0. The summed E-state index contributed by atoms with van der Waals surface area (Å²) >= 11 is 0. The normalized spacial score (nSPS) is 21.6. The second-order valence-electron chi connectivity index (χ2n) is 9.85. The Morgan fingerprint density at radius 1 is 0.500 bits per heavy atom. The second kappa shape index (κ2) is 7.30. The van der Waals surface area contributed by atoms with Gasteiger partial charge in [0.05, 0.1) is 0 Å². The Labute approximate surface area is 202 Å². The van der Waals surface area contributed by atoms with E-state index in [1.807, 2.05) is 0 Å². The molecule has 0 N–H and O–H groups in total. The van der Waals surface area contributed by atoms with E-state index in [9.17, 15) is 0 Å². The molecule has 6 rings (SSSR count). The van der Waals surface area contributed by atoms with Crippen LogP contribution >= 0.6 is 0 Å². The molecule has 4 aromatic carbocycles. The molecule has 0 heteroatoms. The van der Waals surface area contributed by atoms with Crippen LogP contribution in [0.1, 0.15) is 47.2 Å². The van der Waals surface area contributed by atoms with Crippen LogP contribution < -0.4 is 0 Å². The van der Waals surface area contributed by atoms with Crippen LogP contribution in [0.2, 0.25) is 0 Å². The Kier molecular flexibility index (Phi) is 4.44. The highest BCUT2D eigenvalue weighted by atomic mass is 14.4. The third kappa shape index (κ3) is 2.72. The molecule has 0 spiro atoms. The molecule has 0 fully saturated rings. The molecular weight excluding hydrogens is 408 g/mol. The van der Waals surface area contributed by atoms with E-state index in [0.717, 1.165) is 0 Å². The molecule has 2 unspecified atom stereocenters. The molecule has 2 aliphatic rings. The lowest BCUT2D eigenvalue weighted by Gasteiger charge is -2.23. The third-order valence-corrected chi connectivity index (χ3v) is 8.04. The molecule has 0 saturated heterocycles. The smallest absolute Gasteiger partial charge is 0.0363 e. The van der Waals surface area contributed by atoms with Gasteiger partial charge in [-0.25, -0.2) is 0 Å². The minimum absolute atomic E-state index is 0.166. The summed E-state index contributed by atoms with van der Waals surface area (Å²) in [7, 11) is 0. The predicted molar refractivity (Wildman–Crippen MR) is 146 cm³/mol. The van der Waals surface area contributed by atoms with E-state index < -0.39 is 0 Å². The molecule has 0 saturated carbocycles. The van der Waals surface area contributed by atoms with Crippen molar-refractivity contribution in [3.8, 4) is 22.3 Å². The van der Waals surface area contributed by atoms with Crippen LogP contribution in [-0.2, 0) is 10.8 Å². The summed E-state index contributed by atoms with van der Waals surface area (Å²) in [5.41, 5.74) is 12.7. The lowest BCUT2D eigenvalue weighted by molar-refractivity contribution is 0.749. The number of benzene rings is 4. The topological polar surface area (TPSA) is 0 Å². The first-order valence-corrected chi connectivity index (χ1v) is 11.9. The zero-order valence-electron chi connectivity index (χ0n) is 19.8. The molecule has 164 valence electrons. The maximum atomic E-state index is 4.18. The van der Waals surface area contributed by atoms with E-state index in [0.29, 0.717) is 0 Å². The van der Waals surface area contributed by atoms with Crippen molar-refractivity contribution in [1.82, 2.24) is 0 Å². The summed E-state index contributed by atoms with van der Waals surface area (Å²) in [5.74, 6) is 0. The molecular formula is C34H28. The molecule has 34 heavy (non-hydrogen) atoms. The fraction of sp³-hybridized carbons (Fsp3) is 0.118. The summed E-state index contributed by atoms with van der Waals surface area (Å²) in [6.07, 6.45) is 8.61. The van der Waals surface area contributed by atoms with Crippen LogP contribution in [0.5, 0.6) is 0 Å². The van der Waals surface area contributed by atoms with Gasteiger partial charge in [-0.2, -0.15) is 0 Å². The highest BCUT2D eigenvalue weighted by Gasteiger charge is 2.37. The van der Waals surface area contributed by atoms with Crippen LogP contribution in [0, 0.1) is 0 Å². The summed E-state index contributed by atoms with van der Waals surface area (Å²) in [5, 5.41) is 0. The molecule has 4 aromatic rings. The van der Waals surface area contributed by atoms with Crippen LogP contribution in [0.15, 0.2) is 110 Å². The van der Waals surface area contributed by atoms with E-state index in [2.05, 4.69) is 136 Å². The van der Waals surface area contributed by atoms with E-state index in [1.165, 1.54) is 55.6 Å². The van der Waals surface area contributed by atoms with Gasteiger partial charge in [-0.1, -0.05) is 97.1 Å². The monoisotopic (exact) mass is 436 g/mol. The number of allylic oxidation sites excluding steroid dienone is 2. The van der Waals surface area contributed by atoms with Crippen LogP contribution in [-0.4, -0.2) is 0 Å². The number of hydrogen-bond donors (Lipinski definition) is 0. The van der Waals surface area contributed by atoms with Gasteiger partial charge in [0.1, 0.15) is 0 Å². The van der Waals surface area contributed by atoms with Crippen LogP contribution in [0.3, 0.4) is 0 Å². The molecule has 0 nitrogen and oxygen atoms in total. The summed E-state index contributed by atoms with van der Waals surface area (Å²) in [6.45, 7) is 12.9. The second-order valence-corrected chi connectivity index (χ2v) is 9.85. The van der Waals surface area contributed by atoms with Gasteiger partial charge in [0, 0.05) is 10.8 Å². The summed E-state index contributed by atoms with van der Waals surface area (Å²) in [6, 6.07) is 31.0. The molecule has 0 heterocycles. The van der Waals surface area contributed by atoms with Crippen molar-refractivity contribution < 1.29 is 0 Å². The highest BCUT2D eigenvalue weighted by molar-refractivity contribution is 5.86. The summed E-state index contributed by atoms with van der Waals surface area (Å²) < 4.78 is 0. The molecule has 0 radical (unpaired) electrons. The SMILES string of the molecule is C=CC1(C)c2ccccc2-c2ccc(/C=C/c3ccc4c(c3)C(C)(C=C)c3ccccc3-4)cc21. The first kappa shape index (κ1) is 20.7. The summed E-state index contributed by atoms with van der Waals surface area (Å²) in [4.78, 5) is 0. The van der Waals surface area contributed by atoms with Gasteiger partial charge >= 0.3 is 0 Å². The van der Waals surface area contributed by atoms with Gasteiger partial charge in [-0.15, -0.1) is 13.2 Å². The Hall–Kier alpha value is -3.90. The lowest BCUT2D eigenvalue weighted by Crippen LogP contribution is -2.16. The van der Waals surface area contributed by atoms with E-state index in [-0.39, 0.29) is 10.8 Å². The average Bonchev–Trinajstić information content (AvgIpc) is 3.30. The molecule has 0 aromatic heterocycles. The maximum Gasteiger partial charge on any atom is 0.0363 e. The van der Waals surface area contributed by atoms with E-state index >= 15 is 0 Å². The number of rotatable bonds is 4. The van der Waals surface area contributed by atoms with Gasteiger partial charge in [0.2, 0.25) is 0 Å². The molecule has 0 amide bonds. The molecule has 2 atom stereocenters. The van der Waals surface area contributed by atoms with E-state index in [1.54, 1.807) is 0 Å². The van der Waals surface area contributed by atoms with Gasteiger partial charge in [0.15, 0.2) is 0 Å². The van der Waals surface area contributed by atoms with Crippen molar-refractivity contribution >= 4 is 12.2 Å². The Balaban J connectivity index is 1.39. The standard InChI is InChI=1S/C34H28/c1-5-33(3)29-13-9-7-11-25(29)27-19-17-23(21-31(27)33)15-16-24-18-20-28-26-12-8-10-14-30(26)34(4,6-2)32(28)22-24/h5-22H,1-2H2,3-4H3/b16-15+. The average molecular weight is 437 g/mol. The Morgan fingerprint density at radius 2 is 0.882 bits per heavy atom. The Morgan fingerprint density at radius 3 is 1.29 bits per heavy atom. The van der Waals surface area contributed by atoms with Crippen molar-refractivity contribution in [3.63, 3.8) is 0 Å². The first-order valence-electron chi connectivity index (χ1n) is 11.9. The third-order valence-electron chi connectivity index (χ3n) is 8.04. The lowest BCUT2D eigenvalue weighted by atomic mass is 9.80. The predicted octanol–water partition coefficient (Wildman–Crippen LogP) is 8.80. The molecule has 2 aliphatic carbocycles. The van der Waals surface area contributed by atoms with Crippen molar-refractivity contribution in [2.45, 2.75) is 24.7 Å². The highest BCUT2D eigenvalue weighted by Crippen LogP contribution is 2.51. The largest absolute Gasteiger partial charge is 0.102 e. The zero-order chi connectivity index (χ0) is 23.5. The Bertz CT molecular complexity index is 1400. The fourth-order valence-electron chi connectivity index (χ4n) is 5.92. The molecule has 0 aliphatic heterocycles. The maximum absolute atomic E-state index is 4.18.